The Morgan fingerprint density at radius 3 is 2.39 bits per heavy atom. The van der Waals surface area contributed by atoms with Crippen molar-refractivity contribution in [2.24, 2.45) is 16.7 Å². The van der Waals surface area contributed by atoms with Crippen molar-refractivity contribution in [3.63, 3.8) is 0 Å². The van der Waals surface area contributed by atoms with Crippen LogP contribution in [0.2, 0.25) is 0 Å². The topological polar surface area (TPSA) is 18.5 Å². The fraction of sp³-hybridized carbons (Fsp3) is 0.714. The lowest BCUT2D eigenvalue weighted by molar-refractivity contribution is -0.0970. The molecule has 0 N–H and O–H groups in total. The van der Waals surface area contributed by atoms with Crippen molar-refractivity contribution < 1.29 is 9.47 Å². The Labute approximate surface area is 141 Å². The van der Waals surface area contributed by atoms with E-state index in [9.17, 15) is 0 Å². The molecule has 2 aliphatic carbocycles. The van der Waals surface area contributed by atoms with Gasteiger partial charge in [-0.25, -0.2) is 0 Å². The number of fused-ring (bicyclic) bond motifs is 2. The molecule has 0 heterocycles. The molecule has 4 atom stereocenters. The van der Waals surface area contributed by atoms with E-state index in [0.717, 1.165) is 11.7 Å². The van der Waals surface area contributed by atoms with Crippen molar-refractivity contribution in [1.29, 1.82) is 0 Å². The van der Waals surface area contributed by atoms with E-state index < -0.39 is 0 Å². The maximum atomic E-state index is 6.16. The van der Waals surface area contributed by atoms with E-state index in [1.807, 2.05) is 0 Å². The zero-order chi connectivity index (χ0) is 16.7. The van der Waals surface area contributed by atoms with E-state index in [1.54, 1.807) is 0 Å². The second-order valence-corrected chi connectivity index (χ2v) is 8.41. The molecule has 0 amide bonds. The highest BCUT2D eigenvalue weighted by molar-refractivity contribution is 5.29. The molecule has 3 rings (SSSR count). The molecule has 0 spiro atoms. The quantitative estimate of drug-likeness (QED) is 0.620. The molecule has 4 unspecified atom stereocenters. The van der Waals surface area contributed by atoms with E-state index in [2.05, 4.69) is 58.9 Å². The fourth-order valence-corrected chi connectivity index (χ4v) is 4.69. The SMILES string of the molecule is CCC(C)c1ccc(OCOC2CC3CCC2(C)C3(C)C)cc1. The maximum Gasteiger partial charge on any atom is 0.189 e. The number of ether oxygens (including phenoxy) is 2. The molecule has 1 aromatic rings. The predicted molar refractivity (Wildman–Crippen MR) is 94.7 cm³/mol. The first-order valence-corrected chi connectivity index (χ1v) is 9.23. The van der Waals surface area contributed by atoms with Gasteiger partial charge in [0.1, 0.15) is 5.75 Å². The largest absolute Gasteiger partial charge is 0.468 e. The number of benzene rings is 1. The van der Waals surface area contributed by atoms with Crippen molar-refractivity contribution in [2.75, 3.05) is 6.79 Å². The van der Waals surface area contributed by atoms with Crippen molar-refractivity contribution in [2.45, 2.75) is 72.3 Å². The van der Waals surface area contributed by atoms with Crippen LogP contribution in [0, 0.1) is 16.7 Å². The highest BCUT2D eigenvalue weighted by Gasteiger charge is 2.61. The monoisotopic (exact) mass is 316 g/mol. The molecular weight excluding hydrogens is 284 g/mol. The summed E-state index contributed by atoms with van der Waals surface area (Å²) in [4.78, 5) is 0. The van der Waals surface area contributed by atoms with Gasteiger partial charge in [-0.2, -0.15) is 0 Å². The molecule has 0 radical (unpaired) electrons. The Kier molecular flexibility index (Phi) is 4.48. The molecule has 2 bridgehead atoms. The van der Waals surface area contributed by atoms with Gasteiger partial charge in [0.15, 0.2) is 6.79 Å². The summed E-state index contributed by atoms with van der Waals surface area (Å²) >= 11 is 0. The van der Waals surface area contributed by atoms with Crippen LogP contribution in [0.3, 0.4) is 0 Å². The van der Waals surface area contributed by atoms with Gasteiger partial charge >= 0.3 is 0 Å². The van der Waals surface area contributed by atoms with Crippen molar-refractivity contribution >= 4 is 0 Å². The van der Waals surface area contributed by atoms with E-state index >= 15 is 0 Å². The molecule has 23 heavy (non-hydrogen) atoms. The second kappa shape index (κ2) is 6.12. The van der Waals surface area contributed by atoms with E-state index in [0.29, 0.717) is 29.6 Å². The van der Waals surface area contributed by atoms with Gasteiger partial charge in [-0.15, -0.1) is 0 Å². The smallest absolute Gasteiger partial charge is 0.189 e. The summed E-state index contributed by atoms with van der Waals surface area (Å²) in [6.45, 7) is 12.1. The summed E-state index contributed by atoms with van der Waals surface area (Å²) < 4.78 is 12.0. The van der Waals surface area contributed by atoms with Gasteiger partial charge in [-0.1, -0.05) is 46.8 Å². The molecule has 2 aliphatic rings. The van der Waals surface area contributed by atoms with Gasteiger partial charge < -0.3 is 9.47 Å². The van der Waals surface area contributed by atoms with Gasteiger partial charge in [0.2, 0.25) is 0 Å². The third kappa shape index (κ3) is 2.80. The minimum Gasteiger partial charge on any atom is -0.468 e. The molecule has 128 valence electrons. The summed E-state index contributed by atoms with van der Waals surface area (Å²) in [5, 5.41) is 0. The van der Waals surface area contributed by atoms with Crippen LogP contribution in [0.4, 0.5) is 0 Å². The van der Waals surface area contributed by atoms with E-state index in [-0.39, 0.29) is 0 Å². The Balaban J connectivity index is 1.53. The van der Waals surface area contributed by atoms with Crippen LogP contribution in [0.25, 0.3) is 0 Å². The predicted octanol–water partition coefficient (Wildman–Crippen LogP) is 5.77. The van der Waals surface area contributed by atoms with E-state index in [4.69, 9.17) is 9.47 Å². The summed E-state index contributed by atoms with van der Waals surface area (Å²) in [6, 6.07) is 8.48. The Morgan fingerprint density at radius 2 is 1.87 bits per heavy atom. The molecule has 2 heteroatoms. The molecule has 0 aromatic heterocycles. The van der Waals surface area contributed by atoms with Gasteiger partial charge in [-0.05, 0) is 66.0 Å². The summed E-state index contributed by atoms with van der Waals surface area (Å²) in [5.74, 6) is 2.33. The summed E-state index contributed by atoms with van der Waals surface area (Å²) in [6.07, 6.45) is 5.36. The molecule has 1 aromatic carbocycles. The maximum absolute atomic E-state index is 6.16. The number of hydrogen-bond donors (Lipinski definition) is 0. The lowest BCUT2D eigenvalue weighted by Gasteiger charge is -2.38. The number of rotatable bonds is 6. The average Bonchev–Trinajstić information content (AvgIpc) is 2.88. The van der Waals surface area contributed by atoms with E-state index in [1.165, 1.54) is 31.2 Å². The van der Waals surface area contributed by atoms with Gasteiger partial charge in [0.05, 0.1) is 6.10 Å². The van der Waals surface area contributed by atoms with Crippen LogP contribution in [0.1, 0.15) is 71.8 Å². The van der Waals surface area contributed by atoms with Crippen molar-refractivity contribution in [3.05, 3.63) is 29.8 Å². The minimum absolute atomic E-state index is 0.307. The van der Waals surface area contributed by atoms with Crippen LogP contribution < -0.4 is 4.74 Å². The first kappa shape index (κ1) is 16.8. The second-order valence-electron chi connectivity index (χ2n) is 8.41. The first-order chi connectivity index (χ1) is 10.9. The van der Waals surface area contributed by atoms with Crippen molar-refractivity contribution in [1.82, 2.24) is 0 Å². The molecule has 2 fully saturated rings. The fourth-order valence-electron chi connectivity index (χ4n) is 4.69. The first-order valence-electron chi connectivity index (χ1n) is 9.23. The lowest BCUT2D eigenvalue weighted by Crippen LogP contribution is -2.37. The summed E-state index contributed by atoms with van der Waals surface area (Å²) in [5.41, 5.74) is 2.08. The van der Waals surface area contributed by atoms with Gasteiger partial charge in [-0.3, -0.25) is 0 Å². The standard InChI is InChI=1S/C21H32O2/c1-6-15(2)16-7-9-18(10-8-16)22-14-23-19-13-17-11-12-21(19,5)20(17,3)4/h7-10,15,17,19H,6,11-14H2,1-5H3. The van der Waals surface area contributed by atoms with Crippen LogP contribution in [-0.4, -0.2) is 12.9 Å². The Morgan fingerprint density at radius 1 is 1.17 bits per heavy atom. The lowest BCUT2D eigenvalue weighted by atomic mass is 9.70. The highest BCUT2D eigenvalue weighted by atomic mass is 16.7. The average molecular weight is 316 g/mol. The van der Waals surface area contributed by atoms with Crippen LogP contribution in [-0.2, 0) is 4.74 Å². The highest BCUT2D eigenvalue weighted by Crippen LogP contribution is 2.66. The Bertz CT molecular complexity index is 533. The van der Waals surface area contributed by atoms with Crippen LogP contribution in [0.5, 0.6) is 5.75 Å². The molecule has 0 saturated heterocycles. The van der Waals surface area contributed by atoms with Gasteiger partial charge in [0, 0.05) is 0 Å². The molecule has 2 nitrogen and oxygen atoms in total. The molecule has 2 saturated carbocycles. The zero-order valence-corrected chi connectivity index (χ0v) is 15.4. The normalized spacial score (nSPS) is 32.9. The third-order valence-corrected chi connectivity index (χ3v) is 7.27. The van der Waals surface area contributed by atoms with Crippen LogP contribution in [0.15, 0.2) is 24.3 Å². The molecular formula is C21H32O2. The van der Waals surface area contributed by atoms with Gasteiger partial charge in [0.25, 0.3) is 0 Å². The molecule has 0 aliphatic heterocycles. The summed E-state index contributed by atoms with van der Waals surface area (Å²) in [7, 11) is 0. The zero-order valence-electron chi connectivity index (χ0n) is 15.4. The number of hydrogen-bond acceptors (Lipinski definition) is 2. The van der Waals surface area contributed by atoms with Crippen LogP contribution >= 0.6 is 0 Å². The van der Waals surface area contributed by atoms with Crippen molar-refractivity contribution in [3.8, 4) is 5.75 Å². The minimum atomic E-state index is 0.307. The third-order valence-electron chi connectivity index (χ3n) is 7.27. The Hall–Kier alpha value is -1.02.